The summed E-state index contributed by atoms with van der Waals surface area (Å²) in [6.07, 6.45) is 0. The number of benzene rings is 1. The summed E-state index contributed by atoms with van der Waals surface area (Å²) in [6.45, 7) is 0. The van der Waals surface area contributed by atoms with Crippen LogP contribution in [0, 0.1) is 10.1 Å². The molecule has 0 atom stereocenters. The molecule has 0 fully saturated rings. The second-order valence-corrected chi connectivity index (χ2v) is 3.56. The van der Waals surface area contributed by atoms with Crippen LogP contribution in [0.15, 0.2) is 30.3 Å². The van der Waals surface area contributed by atoms with Crippen molar-refractivity contribution in [2.75, 3.05) is 18.1 Å². The molecule has 19 heavy (non-hydrogen) atoms. The number of nitro groups is 1. The van der Waals surface area contributed by atoms with Gasteiger partial charge in [-0.05, 0) is 6.07 Å². The summed E-state index contributed by atoms with van der Waals surface area (Å²) < 4.78 is 5.42. The SMILES string of the molecule is CNc1cc(Oc2cccc([N+](=O)[O-])c2)nc(N)n1. The number of nitrogens with zero attached hydrogens (tertiary/aromatic N) is 3. The lowest BCUT2D eigenvalue weighted by Gasteiger charge is -2.07. The maximum absolute atomic E-state index is 10.7. The van der Waals surface area contributed by atoms with E-state index in [1.807, 2.05) is 0 Å². The van der Waals surface area contributed by atoms with Crippen molar-refractivity contribution in [1.29, 1.82) is 0 Å². The zero-order valence-corrected chi connectivity index (χ0v) is 10.0. The first-order valence-electron chi connectivity index (χ1n) is 5.33. The van der Waals surface area contributed by atoms with Gasteiger partial charge in [0.2, 0.25) is 11.8 Å². The highest BCUT2D eigenvalue weighted by Crippen LogP contribution is 2.25. The van der Waals surface area contributed by atoms with Crippen LogP contribution in [-0.2, 0) is 0 Å². The van der Waals surface area contributed by atoms with Gasteiger partial charge in [0.1, 0.15) is 11.6 Å². The molecule has 3 N–H and O–H groups in total. The summed E-state index contributed by atoms with van der Waals surface area (Å²) in [5, 5.41) is 13.5. The number of nitrogen functional groups attached to an aromatic ring is 1. The standard InChI is InChI=1S/C11H11N5O3/c1-13-9-6-10(15-11(12)14-9)19-8-4-2-3-7(5-8)16(17)18/h2-6H,1H3,(H3,12,13,14,15). The molecule has 0 saturated carbocycles. The van der Waals surface area contributed by atoms with Crippen molar-refractivity contribution < 1.29 is 9.66 Å². The smallest absolute Gasteiger partial charge is 0.273 e. The topological polar surface area (TPSA) is 116 Å². The molecular formula is C11H11N5O3. The Kier molecular flexibility index (Phi) is 3.42. The quantitative estimate of drug-likeness (QED) is 0.636. The molecule has 0 aliphatic carbocycles. The lowest BCUT2D eigenvalue weighted by molar-refractivity contribution is -0.384. The monoisotopic (exact) mass is 261 g/mol. The molecule has 0 radical (unpaired) electrons. The number of hydrogen-bond donors (Lipinski definition) is 2. The molecule has 0 amide bonds. The van der Waals surface area contributed by atoms with Crippen molar-refractivity contribution >= 4 is 17.5 Å². The molecule has 0 aliphatic heterocycles. The molecule has 98 valence electrons. The van der Waals surface area contributed by atoms with Crippen LogP contribution in [0.4, 0.5) is 17.5 Å². The Morgan fingerprint density at radius 3 is 2.84 bits per heavy atom. The minimum absolute atomic E-state index is 0.0484. The van der Waals surface area contributed by atoms with Crippen LogP contribution in [0.1, 0.15) is 0 Å². The lowest BCUT2D eigenvalue weighted by Crippen LogP contribution is -2.01. The largest absolute Gasteiger partial charge is 0.439 e. The molecule has 2 aromatic rings. The van der Waals surface area contributed by atoms with Crippen molar-refractivity contribution in [2.24, 2.45) is 0 Å². The molecular weight excluding hydrogens is 250 g/mol. The third-order valence-corrected chi connectivity index (χ3v) is 2.23. The second-order valence-electron chi connectivity index (χ2n) is 3.56. The van der Waals surface area contributed by atoms with Gasteiger partial charge in [0, 0.05) is 19.2 Å². The Morgan fingerprint density at radius 1 is 1.37 bits per heavy atom. The number of rotatable bonds is 4. The Hall–Kier alpha value is -2.90. The Balaban J connectivity index is 2.28. The Morgan fingerprint density at radius 2 is 2.16 bits per heavy atom. The summed E-state index contributed by atoms with van der Waals surface area (Å²) in [5.74, 6) is 1.05. The van der Waals surface area contributed by atoms with Gasteiger partial charge in [-0.15, -0.1) is 0 Å². The highest BCUT2D eigenvalue weighted by molar-refractivity contribution is 5.45. The van der Waals surface area contributed by atoms with Gasteiger partial charge in [0.15, 0.2) is 0 Å². The average Bonchev–Trinajstić information content (AvgIpc) is 2.38. The molecule has 8 nitrogen and oxygen atoms in total. The zero-order valence-electron chi connectivity index (χ0n) is 10.0. The van der Waals surface area contributed by atoms with E-state index in [1.54, 1.807) is 13.1 Å². The minimum Gasteiger partial charge on any atom is -0.439 e. The predicted molar refractivity (Wildman–Crippen MR) is 69.2 cm³/mol. The van der Waals surface area contributed by atoms with E-state index >= 15 is 0 Å². The van der Waals surface area contributed by atoms with Gasteiger partial charge in [-0.25, -0.2) is 0 Å². The summed E-state index contributed by atoms with van der Waals surface area (Å²) in [4.78, 5) is 17.9. The van der Waals surface area contributed by atoms with E-state index in [2.05, 4.69) is 15.3 Å². The molecule has 0 aliphatic rings. The number of nitro benzene ring substituents is 1. The Bertz CT molecular complexity index is 617. The summed E-state index contributed by atoms with van der Waals surface area (Å²) >= 11 is 0. The first-order chi connectivity index (χ1) is 9.08. The van der Waals surface area contributed by atoms with Crippen molar-refractivity contribution in [3.05, 3.63) is 40.4 Å². The summed E-state index contributed by atoms with van der Waals surface area (Å²) in [7, 11) is 1.68. The van der Waals surface area contributed by atoms with E-state index in [0.29, 0.717) is 11.6 Å². The lowest BCUT2D eigenvalue weighted by atomic mass is 10.3. The van der Waals surface area contributed by atoms with Gasteiger partial charge in [-0.3, -0.25) is 10.1 Å². The summed E-state index contributed by atoms with van der Waals surface area (Å²) in [5.41, 5.74) is 5.45. The van der Waals surface area contributed by atoms with Crippen LogP contribution < -0.4 is 15.8 Å². The van der Waals surface area contributed by atoms with E-state index in [0.717, 1.165) is 0 Å². The number of anilines is 2. The van der Waals surface area contributed by atoms with Gasteiger partial charge in [0.05, 0.1) is 11.0 Å². The van der Waals surface area contributed by atoms with Crippen molar-refractivity contribution in [2.45, 2.75) is 0 Å². The minimum atomic E-state index is -0.500. The van der Waals surface area contributed by atoms with Gasteiger partial charge in [-0.1, -0.05) is 6.07 Å². The molecule has 8 heteroatoms. The predicted octanol–water partition coefficient (Wildman–Crippen LogP) is 1.80. The number of hydrogen-bond acceptors (Lipinski definition) is 7. The van der Waals surface area contributed by atoms with Gasteiger partial charge in [0.25, 0.3) is 5.69 Å². The molecule has 0 bridgehead atoms. The van der Waals surface area contributed by atoms with Crippen molar-refractivity contribution in [3.63, 3.8) is 0 Å². The molecule has 1 heterocycles. The van der Waals surface area contributed by atoms with E-state index in [1.165, 1.54) is 24.3 Å². The third kappa shape index (κ3) is 3.06. The molecule has 1 aromatic carbocycles. The second kappa shape index (κ2) is 5.17. The maximum atomic E-state index is 10.7. The summed E-state index contributed by atoms with van der Waals surface area (Å²) in [6, 6.07) is 7.33. The number of non-ortho nitro benzene ring substituents is 1. The van der Waals surface area contributed by atoms with Crippen LogP contribution in [0.3, 0.4) is 0 Å². The highest BCUT2D eigenvalue weighted by atomic mass is 16.6. The number of nitrogens with one attached hydrogen (secondary N) is 1. The van der Waals surface area contributed by atoms with Crippen LogP contribution in [0.25, 0.3) is 0 Å². The van der Waals surface area contributed by atoms with E-state index < -0.39 is 4.92 Å². The van der Waals surface area contributed by atoms with Crippen molar-refractivity contribution in [3.8, 4) is 11.6 Å². The fourth-order valence-corrected chi connectivity index (χ4v) is 1.40. The van der Waals surface area contributed by atoms with Crippen LogP contribution in [-0.4, -0.2) is 21.9 Å². The van der Waals surface area contributed by atoms with Crippen LogP contribution in [0.5, 0.6) is 11.6 Å². The Labute approximate surface area is 108 Å². The average molecular weight is 261 g/mol. The molecule has 0 unspecified atom stereocenters. The van der Waals surface area contributed by atoms with Gasteiger partial charge in [-0.2, -0.15) is 9.97 Å². The fraction of sp³-hybridized carbons (Fsp3) is 0.0909. The van der Waals surface area contributed by atoms with Gasteiger partial charge >= 0.3 is 0 Å². The van der Waals surface area contributed by atoms with Gasteiger partial charge < -0.3 is 15.8 Å². The maximum Gasteiger partial charge on any atom is 0.273 e. The molecule has 2 rings (SSSR count). The zero-order chi connectivity index (χ0) is 13.8. The fourth-order valence-electron chi connectivity index (χ4n) is 1.40. The van der Waals surface area contributed by atoms with E-state index in [9.17, 15) is 10.1 Å². The van der Waals surface area contributed by atoms with E-state index in [4.69, 9.17) is 10.5 Å². The molecule has 0 saturated heterocycles. The number of nitrogens with two attached hydrogens (primary N) is 1. The first-order valence-corrected chi connectivity index (χ1v) is 5.33. The molecule has 0 spiro atoms. The molecule has 1 aromatic heterocycles. The third-order valence-electron chi connectivity index (χ3n) is 2.23. The van der Waals surface area contributed by atoms with Crippen LogP contribution >= 0.6 is 0 Å². The normalized spacial score (nSPS) is 9.95. The highest BCUT2D eigenvalue weighted by Gasteiger charge is 2.08. The number of aromatic nitrogens is 2. The number of ether oxygens (including phenoxy) is 1. The van der Waals surface area contributed by atoms with Crippen molar-refractivity contribution in [1.82, 2.24) is 9.97 Å². The van der Waals surface area contributed by atoms with Crippen LogP contribution in [0.2, 0.25) is 0 Å². The first kappa shape index (κ1) is 12.6. The van der Waals surface area contributed by atoms with E-state index in [-0.39, 0.29) is 17.5 Å².